The Balaban J connectivity index is 3.09. The maximum atomic E-state index is 12.3. The van der Waals surface area contributed by atoms with E-state index in [1.807, 2.05) is 32.0 Å². The number of amides is 1. The van der Waals surface area contributed by atoms with Crippen molar-refractivity contribution in [3.8, 4) is 0 Å². The van der Waals surface area contributed by atoms with Gasteiger partial charge in [-0.3, -0.25) is 9.59 Å². The molecule has 0 fully saturated rings. The second-order valence-corrected chi connectivity index (χ2v) is 6.09. The van der Waals surface area contributed by atoms with E-state index >= 15 is 0 Å². The minimum absolute atomic E-state index is 0.464. The van der Waals surface area contributed by atoms with Crippen LogP contribution in [0.1, 0.15) is 38.8 Å². The summed E-state index contributed by atoms with van der Waals surface area (Å²) in [4.78, 5) is 23.7. The van der Waals surface area contributed by atoms with E-state index in [1.54, 1.807) is 20.8 Å². The summed E-state index contributed by atoms with van der Waals surface area (Å²) in [7, 11) is 0. The van der Waals surface area contributed by atoms with Crippen LogP contribution < -0.4 is 5.32 Å². The van der Waals surface area contributed by atoms with E-state index in [1.165, 1.54) is 0 Å². The molecular formula is C16H23NO3. The number of carbonyl (C=O) groups excluding carboxylic acids is 1. The van der Waals surface area contributed by atoms with Gasteiger partial charge >= 0.3 is 5.97 Å². The van der Waals surface area contributed by atoms with E-state index in [9.17, 15) is 14.7 Å². The van der Waals surface area contributed by atoms with Crippen molar-refractivity contribution in [2.45, 2.75) is 41.0 Å². The highest BCUT2D eigenvalue weighted by molar-refractivity contribution is 6.05. The molecule has 0 spiro atoms. The molecule has 0 heterocycles. The topological polar surface area (TPSA) is 66.4 Å². The van der Waals surface area contributed by atoms with Gasteiger partial charge in [-0.15, -0.1) is 0 Å². The molecule has 0 aromatic heterocycles. The molecule has 20 heavy (non-hydrogen) atoms. The molecular weight excluding hydrogens is 254 g/mol. The van der Waals surface area contributed by atoms with Gasteiger partial charge in [0.1, 0.15) is 5.92 Å². The highest BCUT2D eigenvalue weighted by Gasteiger charge is 2.37. The molecule has 2 N–H and O–H groups in total. The van der Waals surface area contributed by atoms with Crippen molar-refractivity contribution in [3.05, 3.63) is 29.3 Å². The number of rotatable bonds is 4. The summed E-state index contributed by atoms with van der Waals surface area (Å²) in [5.74, 6) is -2.64. The third kappa shape index (κ3) is 3.59. The fourth-order valence-electron chi connectivity index (χ4n) is 2.27. The molecule has 1 amide bonds. The van der Waals surface area contributed by atoms with Crippen LogP contribution in [0.5, 0.6) is 0 Å². The van der Waals surface area contributed by atoms with Gasteiger partial charge in [0.25, 0.3) is 0 Å². The van der Waals surface area contributed by atoms with Gasteiger partial charge in [0, 0.05) is 5.69 Å². The third-order valence-corrected chi connectivity index (χ3v) is 3.36. The van der Waals surface area contributed by atoms with E-state index in [-0.39, 0.29) is 0 Å². The second kappa shape index (κ2) is 6.07. The molecule has 1 aromatic rings. The maximum Gasteiger partial charge on any atom is 0.316 e. The van der Waals surface area contributed by atoms with Crippen molar-refractivity contribution in [2.75, 3.05) is 5.32 Å². The normalized spacial score (nSPS) is 12.8. The van der Waals surface area contributed by atoms with E-state index < -0.39 is 23.2 Å². The Morgan fingerprint density at radius 1 is 1.30 bits per heavy atom. The molecule has 1 atom stereocenters. The van der Waals surface area contributed by atoms with E-state index in [0.29, 0.717) is 0 Å². The zero-order valence-corrected chi connectivity index (χ0v) is 12.8. The number of aliphatic carboxylic acids is 1. The molecule has 4 nitrogen and oxygen atoms in total. The van der Waals surface area contributed by atoms with Crippen LogP contribution in [0.2, 0.25) is 0 Å². The maximum absolute atomic E-state index is 12.3. The average Bonchev–Trinajstić information content (AvgIpc) is 2.29. The van der Waals surface area contributed by atoms with Gasteiger partial charge in [0.05, 0.1) is 0 Å². The predicted octanol–water partition coefficient (Wildman–Crippen LogP) is 3.24. The fourth-order valence-corrected chi connectivity index (χ4v) is 2.27. The Labute approximate surface area is 120 Å². The van der Waals surface area contributed by atoms with E-state index in [2.05, 4.69) is 5.32 Å². The van der Waals surface area contributed by atoms with Crippen LogP contribution in [0.4, 0.5) is 5.69 Å². The number of benzene rings is 1. The molecule has 0 saturated heterocycles. The number of hydrogen-bond acceptors (Lipinski definition) is 2. The first-order valence-electron chi connectivity index (χ1n) is 6.80. The summed E-state index contributed by atoms with van der Waals surface area (Å²) in [5, 5.41) is 12.1. The van der Waals surface area contributed by atoms with Gasteiger partial charge < -0.3 is 10.4 Å². The van der Waals surface area contributed by atoms with Gasteiger partial charge in [-0.05, 0) is 29.9 Å². The van der Waals surface area contributed by atoms with Crippen LogP contribution in [-0.4, -0.2) is 17.0 Å². The molecule has 1 aromatic carbocycles. The van der Waals surface area contributed by atoms with Crippen molar-refractivity contribution < 1.29 is 14.7 Å². The molecule has 0 bridgehead atoms. The first kappa shape index (κ1) is 16.2. The monoisotopic (exact) mass is 277 g/mol. The Hall–Kier alpha value is -1.84. The second-order valence-electron chi connectivity index (χ2n) is 6.09. The Morgan fingerprint density at radius 2 is 1.90 bits per heavy atom. The SMILES string of the molecule is CCc1cccc(C)c1NC(=O)C(C(=O)O)C(C)(C)C. The number of aryl methyl sites for hydroxylation is 2. The molecule has 0 aliphatic carbocycles. The third-order valence-electron chi connectivity index (χ3n) is 3.36. The zero-order chi connectivity index (χ0) is 15.5. The van der Waals surface area contributed by atoms with Gasteiger partial charge in [-0.25, -0.2) is 0 Å². The van der Waals surface area contributed by atoms with Crippen molar-refractivity contribution in [2.24, 2.45) is 11.3 Å². The van der Waals surface area contributed by atoms with E-state index in [4.69, 9.17) is 0 Å². The van der Waals surface area contributed by atoms with Crippen LogP contribution in [0.25, 0.3) is 0 Å². The average molecular weight is 277 g/mol. The van der Waals surface area contributed by atoms with Crippen LogP contribution in [0.3, 0.4) is 0 Å². The summed E-state index contributed by atoms with van der Waals surface area (Å²) in [5.41, 5.74) is 2.05. The van der Waals surface area contributed by atoms with Gasteiger partial charge in [-0.2, -0.15) is 0 Å². The van der Waals surface area contributed by atoms with Gasteiger partial charge in [-0.1, -0.05) is 45.9 Å². The van der Waals surface area contributed by atoms with Crippen molar-refractivity contribution in [1.82, 2.24) is 0 Å². The summed E-state index contributed by atoms with van der Waals surface area (Å²) in [6, 6.07) is 5.78. The van der Waals surface area contributed by atoms with Crippen molar-refractivity contribution in [1.29, 1.82) is 0 Å². The molecule has 0 aliphatic heterocycles. The van der Waals surface area contributed by atoms with Crippen molar-refractivity contribution >= 4 is 17.6 Å². The highest BCUT2D eigenvalue weighted by atomic mass is 16.4. The number of carbonyl (C=O) groups is 2. The number of para-hydroxylation sites is 1. The van der Waals surface area contributed by atoms with E-state index in [0.717, 1.165) is 23.2 Å². The summed E-state index contributed by atoms with van der Waals surface area (Å²) in [6.45, 7) is 9.17. The van der Waals surface area contributed by atoms with Gasteiger partial charge in [0.2, 0.25) is 5.91 Å². The first-order valence-corrected chi connectivity index (χ1v) is 6.80. The Kier molecular flexibility index (Phi) is 4.93. The number of nitrogens with one attached hydrogen (secondary N) is 1. The quantitative estimate of drug-likeness (QED) is 0.830. The zero-order valence-electron chi connectivity index (χ0n) is 12.8. The largest absolute Gasteiger partial charge is 0.481 e. The first-order chi connectivity index (χ1) is 9.18. The lowest BCUT2D eigenvalue weighted by Gasteiger charge is -2.26. The minimum Gasteiger partial charge on any atom is -0.481 e. The molecule has 1 rings (SSSR count). The Morgan fingerprint density at radius 3 is 2.35 bits per heavy atom. The summed E-state index contributed by atoms with van der Waals surface area (Å²) in [6.07, 6.45) is 0.782. The number of hydrogen-bond donors (Lipinski definition) is 2. The molecule has 0 aliphatic rings. The lowest BCUT2D eigenvalue weighted by Crippen LogP contribution is -2.39. The lowest BCUT2D eigenvalue weighted by atomic mass is 9.80. The highest BCUT2D eigenvalue weighted by Crippen LogP contribution is 2.29. The van der Waals surface area contributed by atoms with Gasteiger partial charge in [0.15, 0.2) is 0 Å². The standard InChI is InChI=1S/C16H23NO3/c1-6-11-9-7-8-10(2)13(11)17-14(18)12(15(19)20)16(3,4)5/h7-9,12H,6H2,1-5H3,(H,17,18)(H,19,20). The van der Waals surface area contributed by atoms with Crippen LogP contribution >= 0.6 is 0 Å². The number of anilines is 1. The van der Waals surface area contributed by atoms with Crippen molar-refractivity contribution in [3.63, 3.8) is 0 Å². The molecule has 0 saturated carbocycles. The predicted molar refractivity (Wildman–Crippen MR) is 79.8 cm³/mol. The molecule has 0 radical (unpaired) electrons. The van der Waals surface area contributed by atoms with Crippen LogP contribution in [-0.2, 0) is 16.0 Å². The summed E-state index contributed by atoms with van der Waals surface area (Å²) >= 11 is 0. The molecule has 1 unspecified atom stereocenters. The molecule has 110 valence electrons. The van der Waals surface area contributed by atoms with Crippen LogP contribution in [0.15, 0.2) is 18.2 Å². The van der Waals surface area contributed by atoms with Crippen LogP contribution in [0, 0.1) is 18.3 Å². The minimum atomic E-state index is -1.10. The Bertz CT molecular complexity index is 515. The summed E-state index contributed by atoms with van der Waals surface area (Å²) < 4.78 is 0. The fraction of sp³-hybridized carbons (Fsp3) is 0.500. The number of carboxylic acids is 1. The smallest absolute Gasteiger partial charge is 0.316 e. The lowest BCUT2D eigenvalue weighted by molar-refractivity contribution is -0.149. The number of carboxylic acid groups (broad SMARTS) is 1. The molecule has 4 heteroatoms.